The molecule has 0 unspecified atom stereocenters. The first-order chi connectivity index (χ1) is 15.9. The van der Waals surface area contributed by atoms with Crippen molar-refractivity contribution < 1.29 is 22.8 Å². The van der Waals surface area contributed by atoms with Gasteiger partial charge in [-0.25, -0.2) is 18.1 Å². The topological polar surface area (TPSA) is 49.4 Å². The highest BCUT2D eigenvalue weighted by atomic mass is 19.2. The smallest absolute Gasteiger partial charge is 0.282 e. The minimum absolute atomic E-state index is 0.00216. The minimum Gasteiger partial charge on any atom is -0.350 e. The second-order valence-electron chi connectivity index (χ2n) is 7.45. The van der Waals surface area contributed by atoms with Crippen molar-refractivity contribution in [2.75, 3.05) is 10.2 Å². The van der Waals surface area contributed by atoms with Crippen molar-refractivity contribution in [3.8, 4) is 0 Å². The van der Waals surface area contributed by atoms with Crippen molar-refractivity contribution in [2.24, 2.45) is 0 Å². The molecule has 0 saturated heterocycles. The second kappa shape index (κ2) is 7.94. The quantitative estimate of drug-likeness (QED) is 0.414. The van der Waals surface area contributed by atoms with Crippen LogP contribution < -0.4 is 10.2 Å². The number of rotatable bonds is 4. The molecular weight excluding hydrogens is 429 g/mol. The van der Waals surface area contributed by atoms with E-state index in [-0.39, 0.29) is 17.0 Å². The Hall–Kier alpha value is -4.39. The Kier molecular flexibility index (Phi) is 4.94. The molecule has 0 aliphatic carbocycles. The molecule has 4 aromatic rings. The molecule has 0 fully saturated rings. The van der Waals surface area contributed by atoms with Gasteiger partial charge in [0.1, 0.15) is 11.5 Å². The molecule has 4 nitrogen and oxygen atoms in total. The van der Waals surface area contributed by atoms with Crippen LogP contribution in [0.4, 0.5) is 24.5 Å². The van der Waals surface area contributed by atoms with Crippen LogP contribution in [0.15, 0.2) is 90.6 Å². The SMILES string of the molecule is O=C1C(Nc2cccc3ccccc23)=C(c2ccc(F)cc2)C(=O)N1c1ccc(F)c(F)c1. The number of imide groups is 1. The van der Waals surface area contributed by atoms with E-state index in [0.29, 0.717) is 11.3 Å². The number of fused-ring (bicyclic) bond motifs is 1. The van der Waals surface area contributed by atoms with E-state index < -0.39 is 29.3 Å². The molecule has 1 N–H and O–H groups in total. The molecule has 0 saturated carbocycles. The van der Waals surface area contributed by atoms with Gasteiger partial charge in [-0.1, -0.05) is 48.5 Å². The van der Waals surface area contributed by atoms with Crippen LogP contribution in [0.25, 0.3) is 16.3 Å². The summed E-state index contributed by atoms with van der Waals surface area (Å²) in [5.74, 6) is -4.26. The normalized spacial score (nSPS) is 13.8. The van der Waals surface area contributed by atoms with E-state index >= 15 is 0 Å². The van der Waals surface area contributed by atoms with E-state index in [1.807, 2.05) is 30.3 Å². The number of halogens is 3. The van der Waals surface area contributed by atoms with Gasteiger partial charge in [0.2, 0.25) is 0 Å². The third-order valence-corrected chi connectivity index (χ3v) is 5.43. The van der Waals surface area contributed by atoms with Crippen LogP contribution in [0.5, 0.6) is 0 Å². The van der Waals surface area contributed by atoms with Crippen LogP contribution in [0.3, 0.4) is 0 Å². The summed E-state index contributed by atoms with van der Waals surface area (Å²) in [7, 11) is 0. The molecule has 33 heavy (non-hydrogen) atoms. The Balaban J connectivity index is 1.66. The molecule has 1 heterocycles. The van der Waals surface area contributed by atoms with Crippen molar-refractivity contribution in [1.29, 1.82) is 0 Å². The van der Waals surface area contributed by atoms with Gasteiger partial charge in [-0.05, 0) is 41.3 Å². The van der Waals surface area contributed by atoms with Crippen LogP contribution in [0.1, 0.15) is 5.56 Å². The Morgan fingerprint density at radius 1 is 0.697 bits per heavy atom. The fourth-order valence-corrected chi connectivity index (χ4v) is 3.86. The first kappa shape index (κ1) is 20.5. The van der Waals surface area contributed by atoms with Gasteiger partial charge in [0.05, 0.1) is 11.3 Å². The molecule has 7 heteroatoms. The number of benzene rings is 4. The van der Waals surface area contributed by atoms with Crippen molar-refractivity contribution in [2.45, 2.75) is 0 Å². The lowest BCUT2D eigenvalue weighted by atomic mass is 10.0. The monoisotopic (exact) mass is 444 g/mol. The van der Waals surface area contributed by atoms with Gasteiger partial charge in [0, 0.05) is 17.1 Å². The zero-order valence-corrected chi connectivity index (χ0v) is 17.0. The van der Waals surface area contributed by atoms with Crippen molar-refractivity contribution >= 4 is 39.5 Å². The number of carbonyl (C=O) groups excluding carboxylic acids is 2. The maximum absolute atomic E-state index is 13.9. The largest absolute Gasteiger partial charge is 0.350 e. The average molecular weight is 444 g/mol. The Morgan fingerprint density at radius 3 is 2.18 bits per heavy atom. The molecular formula is C26H15F3N2O2. The van der Waals surface area contributed by atoms with E-state index in [4.69, 9.17) is 0 Å². The standard InChI is InChI=1S/C26H15F3N2O2/c27-17-10-8-16(9-11-17)23-24(30-22-7-3-5-15-4-1-2-6-19(15)22)26(33)31(25(23)32)18-12-13-20(28)21(29)14-18/h1-14,30H. The van der Waals surface area contributed by atoms with E-state index in [1.165, 1.54) is 24.3 Å². The van der Waals surface area contributed by atoms with Crippen LogP contribution >= 0.6 is 0 Å². The van der Waals surface area contributed by atoms with E-state index in [1.54, 1.807) is 12.1 Å². The minimum atomic E-state index is -1.19. The number of amides is 2. The molecule has 5 rings (SSSR count). The third kappa shape index (κ3) is 3.53. The van der Waals surface area contributed by atoms with Gasteiger partial charge < -0.3 is 5.32 Å². The van der Waals surface area contributed by atoms with Gasteiger partial charge in [-0.3, -0.25) is 9.59 Å². The predicted octanol–water partition coefficient (Wildman–Crippen LogP) is 5.65. The lowest BCUT2D eigenvalue weighted by Gasteiger charge is -2.16. The average Bonchev–Trinajstić information content (AvgIpc) is 3.06. The Bertz CT molecular complexity index is 1460. The van der Waals surface area contributed by atoms with Crippen molar-refractivity contribution in [3.63, 3.8) is 0 Å². The highest BCUT2D eigenvalue weighted by molar-refractivity contribution is 6.46. The van der Waals surface area contributed by atoms with Crippen molar-refractivity contribution in [1.82, 2.24) is 0 Å². The number of anilines is 2. The molecule has 0 bridgehead atoms. The molecule has 1 aliphatic rings. The summed E-state index contributed by atoms with van der Waals surface area (Å²) in [5, 5.41) is 4.79. The zero-order valence-electron chi connectivity index (χ0n) is 17.0. The Labute approximate surface area is 186 Å². The summed E-state index contributed by atoms with van der Waals surface area (Å²) >= 11 is 0. The fourth-order valence-electron chi connectivity index (χ4n) is 3.86. The van der Waals surface area contributed by atoms with Gasteiger partial charge in [0.25, 0.3) is 11.8 Å². The van der Waals surface area contributed by atoms with E-state index in [0.717, 1.165) is 33.9 Å². The highest BCUT2D eigenvalue weighted by Crippen LogP contribution is 2.35. The van der Waals surface area contributed by atoms with Gasteiger partial charge >= 0.3 is 0 Å². The second-order valence-corrected chi connectivity index (χ2v) is 7.45. The van der Waals surface area contributed by atoms with E-state index in [2.05, 4.69) is 5.32 Å². The summed E-state index contributed by atoms with van der Waals surface area (Å²) in [5.41, 5.74) is 0.724. The molecule has 0 atom stereocenters. The number of nitrogens with zero attached hydrogens (tertiary/aromatic N) is 1. The lowest BCUT2D eigenvalue weighted by Crippen LogP contribution is -2.32. The van der Waals surface area contributed by atoms with Crippen LogP contribution in [0.2, 0.25) is 0 Å². The van der Waals surface area contributed by atoms with E-state index in [9.17, 15) is 22.8 Å². The molecule has 0 aromatic heterocycles. The molecule has 1 aliphatic heterocycles. The van der Waals surface area contributed by atoms with Crippen molar-refractivity contribution in [3.05, 3.63) is 114 Å². The van der Waals surface area contributed by atoms with Crippen LogP contribution in [-0.2, 0) is 9.59 Å². The number of nitrogens with one attached hydrogen (secondary N) is 1. The highest BCUT2D eigenvalue weighted by Gasteiger charge is 2.40. The molecule has 4 aromatic carbocycles. The maximum Gasteiger partial charge on any atom is 0.282 e. The van der Waals surface area contributed by atoms with Crippen LogP contribution in [-0.4, -0.2) is 11.8 Å². The van der Waals surface area contributed by atoms with Gasteiger partial charge in [0.15, 0.2) is 11.6 Å². The summed E-state index contributed by atoms with van der Waals surface area (Å²) in [6.45, 7) is 0. The summed E-state index contributed by atoms with van der Waals surface area (Å²) in [4.78, 5) is 27.5. The van der Waals surface area contributed by atoms with Gasteiger partial charge in [-0.2, -0.15) is 0 Å². The number of hydrogen-bond donors (Lipinski definition) is 1. The predicted molar refractivity (Wildman–Crippen MR) is 120 cm³/mol. The first-order valence-corrected chi connectivity index (χ1v) is 10.0. The lowest BCUT2D eigenvalue weighted by molar-refractivity contribution is -0.120. The Morgan fingerprint density at radius 2 is 1.42 bits per heavy atom. The molecule has 162 valence electrons. The molecule has 2 amide bonds. The number of carbonyl (C=O) groups is 2. The fraction of sp³-hybridized carbons (Fsp3) is 0. The van der Waals surface area contributed by atoms with Gasteiger partial charge in [-0.15, -0.1) is 0 Å². The third-order valence-electron chi connectivity index (χ3n) is 5.43. The molecule has 0 radical (unpaired) electrons. The number of hydrogen-bond acceptors (Lipinski definition) is 3. The zero-order chi connectivity index (χ0) is 23.1. The molecule has 0 spiro atoms. The summed E-state index contributed by atoms with van der Waals surface area (Å²) in [6.07, 6.45) is 0. The summed E-state index contributed by atoms with van der Waals surface area (Å²) < 4.78 is 40.8. The summed E-state index contributed by atoms with van der Waals surface area (Å²) in [6, 6.07) is 20.9. The van der Waals surface area contributed by atoms with Crippen LogP contribution in [0, 0.1) is 17.5 Å². The first-order valence-electron chi connectivity index (χ1n) is 10.0. The maximum atomic E-state index is 13.9.